The zero-order valence-corrected chi connectivity index (χ0v) is 19.8. The lowest BCUT2D eigenvalue weighted by Gasteiger charge is -2.06. The lowest BCUT2D eigenvalue weighted by molar-refractivity contribution is -0.138. The number of H-pyrrole nitrogens is 2. The fourth-order valence-corrected chi connectivity index (χ4v) is 3.19. The van der Waals surface area contributed by atoms with Crippen LogP contribution in [0.15, 0.2) is 60.7 Å². The molecule has 0 saturated heterocycles. The Morgan fingerprint density at radius 1 is 0.711 bits per heavy atom. The number of amides is 2. The number of allylic oxidation sites excluding steroid dienone is 2. The van der Waals surface area contributed by atoms with Crippen LogP contribution in [-0.2, 0) is 21.9 Å². The molecule has 4 N–H and O–H groups in total. The third-order valence-electron chi connectivity index (χ3n) is 4.90. The first-order chi connectivity index (χ1) is 17.8. The molecule has 38 heavy (non-hydrogen) atoms. The van der Waals surface area contributed by atoms with E-state index in [-0.39, 0.29) is 22.4 Å². The standard InChI is InChI=1S/2C12H10F3N3O/c2*1-2-3-10(19)16-11-8-6-7(12(13,14)15)4-5-9(8)17-18-11/h2*2-6H,1H3,(H2,16,17,18,19). The molecular weight excluding hydrogens is 518 g/mol. The summed E-state index contributed by atoms with van der Waals surface area (Å²) >= 11 is 0. The molecule has 0 aliphatic heterocycles. The smallest absolute Gasteiger partial charge is 0.305 e. The van der Waals surface area contributed by atoms with Gasteiger partial charge in [0.25, 0.3) is 0 Å². The van der Waals surface area contributed by atoms with Crippen molar-refractivity contribution in [2.75, 3.05) is 10.6 Å². The van der Waals surface area contributed by atoms with Gasteiger partial charge in [0.2, 0.25) is 11.8 Å². The maximum atomic E-state index is 12.6. The van der Waals surface area contributed by atoms with E-state index in [1.807, 2.05) is 0 Å². The summed E-state index contributed by atoms with van der Waals surface area (Å²) in [5.74, 6) is -0.755. The zero-order chi connectivity index (χ0) is 28.1. The number of aromatic amines is 2. The highest BCUT2D eigenvalue weighted by Crippen LogP contribution is 2.34. The molecule has 0 atom stereocenters. The molecule has 4 aromatic rings. The molecule has 0 bridgehead atoms. The van der Waals surface area contributed by atoms with Crippen LogP contribution >= 0.6 is 0 Å². The molecule has 0 radical (unpaired) electrons. The number of nitrogens with zero attached hydrogens (tertiary/aromatic N) is 2. The van der Waals surface area contributed by atoms with E-state index in [0.717, 1.165) is 24.3 Å². The predicted molar refractivity (Wildman–Crippen MR) is 129 cm³/mol. The Bertz CT molecular complexity index is 1400. The van der Waals surface area contributed by atoms with E-state index in [2.05, 4.69) is 31.0 Å². The lowest BCUT2D eigenvalue weighted by atomic mass is 10.1. The first kappa shape index (κ1) is 28.0. The van der Waals surface area contributed by atoms with E-state index in [4.69, 9.17) is 0 Å². The van der Waals surface area contributed by atoms with E-state index < -0.39 is 35.3 Å². The first-order valence-corrected chi connectivity index (χ1v) is 10.8. The number of carbonyl (C=O) groups is 2. The minimum atomic E-state index is -4.43. The maximum Gasteiger partial charge on any atom is 0.416 e. The third-order valence-corrected chi connectivity index (χ3v) is 4.90. The van der Waals surface area contributed by atoms with Crippen LogP contribution in [0.1, 0.15) is 25.0 Å². The quantitative estimate of drug-likeness (QED) is 0.183. The van der Waals surface area contributed by atoms with E-state index >= 15 is 0 Å². The zero-order valence-electron chi connectivity index (χ0n) is 19.8. The van der Waals surface area contributed by atoms with Gasteiger partial charge in [-0.25, -0.2) is 0 Å². The molecule has 14 heteroatoms. The molecule has 0 aliphatic rings. The van der Waals surface area contributed by atoms with Crippen LogP contribution in [0.5, 0.6) is 0 Å². The van der Waals surface area contributed by atoms with Crippen molar-refractivity contribution in [3.63, 3.8) is 0 Å². The maximum absolute atomic E-state index is 12.6. The number of halogens is 6. The number of carbonyl (C=O) groups excluding carboxylic acids is 2. The van der Waals surface area contributed by atoms with Crippen molar-refractivity contribution < 1.29 is 35.9 Å². The van der Waals surface area contributed by atoms with Gasteiger partial charge in [-0.3, -0.25) is 19.8 Å². The Kier molecular flexibility index (Phi) is 8.23. The summed E-state index contributed by atoms with van der Waals surface area (Å²) in [6.45, 7) is 3.31. The van der Waals surface area contributed by atoms with Crippen LogP contribution in [0.3, 0.4) is 0 Å². The number of hydrogen-bond donors (Lipinski definition) is 4. The van der Waals surface area contributed by atoms with Crippen molar-refractivity contribution in [1.82, 2.24) is 20.4 Å². The molecule has 4 rings (SSSR count). The second kappa shape index (κ2) is 11.2. The number of alkyl halides is 6. The molecule has 8 nitrogen and oxygen atoms in total. The van der Waals surface area contributed by atoms with Gasteiger partial charge in [0.05, 0.1) is 22.2 Å². The van der Waals surface area contributed by atoms with Crippen molar-refractivity contribution in [3.8, 4) is 0 Å². The van der Waals surface area contributed by atoms with Gasteiger partial charge >= 0.3 is 12.4 Å². The van der Waals surface area contributed by atoms with Gasteiger partial charge in [-0.05, 0) is 62.4 Å². The van der Waals surface area contributed by atoms with Gasteiger partial charge < -0.3 is 10.6 Å². The van der Waals surface area contributed by atoms with E-state index in [1.165, 1.54) is 36.4 Å². The van der Waals surface area contributed by atoms with Crippen LogP contribution in [0.4, 0.5) is 38.0 Å². The number of anilines is 2. The fraction of sp³-hybridized carbons (Fsp3) is 0.167. The topological polar surface area (TPSA) is 116 Å². The molecule has 0 spiro atoms. The second-order valence-corrected chi connectivity index (χ2v) is 7.64. The van der Waals surface area contributed by atoms with Crippen LogP contribution in [0.25, 0.3) is 21.8 Å². The van der Waals surface area contributed by atoms with Crippen molar-refractivity contribution >= 4 is 45.3 Å². The van der Waals surface area contributed by atoms with Crippen LogP contribution in [-0.4, -0.2) is 32.2 Å². The van der Waals surface area contributed by atoms with Crippen molar-refractivity contribution in [2.45, 2.75) is 26.2 Å². The van der Waals surface area contributed by atoms with Crippen molar-refractivity contribution in [3.05, 3.63) is 71.8 Å². The van der Waals surface area contributed by atoms with Gasteiger partial charge in [0.15, 0.2) is 11.6 Å². The molecule has 2 heterocycles. The largest absolute Gasteiger partial charge is 0.416 e. The number of aromatic nitrogens is 4. The first-order valence-electron chi connectivity index (χ1n) is 10.8. The molecule has 0 aliphatic carbocycles. The van der Waals surface area contributed by atoms with Gasteiger partial charge in [0, 0.05) is 10.8 Å². The minimum absolute atomic E-state index is 0.0733. The van der Waals surface area contributed by atoms with Gasteiger partial charge in [-0.1, -0.05) is 12.2 Å². The molecule has 0 unspecified atom stereocenters. The summed E-state index contributed by atoms with van der Waals surface area (Å²) in [6.07, 6.45) is -3.31. The highest BCUT2D eigenvalue weighted by Gasteiger charge is 2.31. The number of fused-ring (bicyclic) bond motifs is 2. The summed E-state index contributed by atoms with van der Waals surface area (Å²) in [5.41, 5.74) is -0.738. The van der Waals surface area contributed by atoms with E-state index in [0.29, 0.717) is 11.0 Å². The molecule has 200 valence electrons. The van der Waals surface area contributed by atoms with Gasteiger partial charge in [-0.2, -0.15) is 36.5 Å². The van der Waals surface area contributed by atoms with Crippen LogP contribution in [0, 0.1) is 0 Å². The van der Waals surface area contributed by atoms with Crippen molar-refractivity contribution in [2.24, 2.45) is 0 Å². The fourth-order valence-electron chi connectivity index (χ4n) is 3.19. The molecule has 2 aromatic heterocycles. The molecule has 2 aromatic carbocycles. The minimum Gasteiger partial charge on any atom is -0.305 e. The summed E-state index contributed by atoms with van der Waals surface area (Å²) in [4.78, 5) is 22.7. The van der Waals surface area contributed by atoms with E-state index in [1.54, 1.807) is 13.8 Å². The average Bonchev–Trinajstić information content (AvgIpc) is 3.42. The number of nitrogens with one attached hydrogen (secondary N) is 4. The summed E-state index contributed by atoms with van der Waals surface area (Å²) < 4.78 is 75.6. The average molecular weight is 538 g/mol. The number of hydrogen-bond acceptors (Lipinski definition) is 4. The predicted octanol–water partition coefficient (Wildman–Crippen LogP) is 6.19. The van der Waals surface area contributed by atoms with Crippen LogP contribution < -0.4 is 10.6 Å². The highest BCUT2D eigenvalue weighted by molar-refractivity contribution is 6.05. The Labute approximate surface area is 210 Å². The Hall–Kier alpha value is -4.62. The summed E-state index contributed by atoms with van der Waals surface area (Å²) in [6, 6.07) is 6.36. The van der Waals surface area contributed by atoms with Crippen molar-refractivity contribution in [1.29, 1.82) is 0 Å². The normalized spacial score (nSPS) is 12.2. The lowest BCUT2D eigenvalue weighted by Crippen LogP contribution is -2.08. The SMILES string of the molecule is CC=CC(=O)Nc1n[nH]c2ccc(C(F)(F)F)cc12.CC=CC(=O)Nc1n[nH]c2ccc(C(F)(F)F)cc12. The van der Waals surface area contributed by atoms with Crippen LogP contribution in [0.2, 0.25) is 0 Å². The molecule has 0 saturated carbocycles. The molecule has 2 amide bonds. The molecule has 0 fully saturated rings. The highest BCUT2D eigenvalue weighted by atomic mass is 19.4. The number of benzene rings is 2. The second-order valence-electron chi connectivity index (χ2n) is 7.64. The number of rotatable bonds is 4. The monoisotopic (exact) mass is 538 g/mol. The summed E-state index contributed by atoms with van der Waals surface area (Å²) in [5, 5.41) is 17.9. The Balaban J connectivity index is 0.000000211. The van der Waals surface area contributed by atoms with E-state index in [9.17, 15) is 35.9 Å². The van der Waals surface area contributed by atoms with Gasteiger partial charge in [0.1, 0.15) is 0 Å². The van der Waals surface area contributed by atoms with Gasteiger partial charge in [-0.15, -0.1) is 0 Å². The third kappa shape index (κ3) is 6.78. The Morgan fingerprint density at radius 3 is 1.39 bits per heavy atom. The summed E-state index contributed by atoms with van der Waals surface area (Å²) in [7, 11) is 0. The molecular formula is C24H20F6N6O2. The Morgan fingerprint density at radius 2 is 1.08 bits per heavy atom.